The molecule has 0 atom stereocenters. The van der Waals surface area contributed by atoms with Gasteiger partial charge in [-0.15, -0.1) is 0 Å². The Morgan fingerprint density at radius 2 is 2.00 bits per heavy atom. The lowest BCUT2D eigenvalue weighted by atomic mass is 10.1. The lowest BCUT2D eigenvalue weighted by Gasteiger charge is -2.05. The zero-order valence-electron chi connectivity index (χ0n) is 8.85. The van der Waals surface area contributed by atoms with E-state index in [4.69, 9.17) is 0 Å². The molecule has 0 radical (unpaired) electrons. The van der Waals surface area contributed by atoms with E-state index >= 15 is 0 Å². The molecule has 0 aliphatic rings. The minimum Gasteiger partial charge on any atom is -0.294 e. The van der Waals surface area contributed by atoms with Gasteiger partial charge in [0.25, 0.3) is 5.56 Å². The average Bonchev–Trinajstić information content (AvgIpc) is 2.28. The van der Waals surface area contributed by atoms with E-state index in [0.717, 1.165) is 5.56 Å². The number of aromatic nitrogens is 2. The zero-order valence-corrected chi connectivity index (χ0v) is 10.4. The molecular weight excluding hydrogens is 268 g/mol. The molecule has 2 rings (SSSR count). The summed E-state index contributed by atoms with van der Waals surface area (Å²) in [5.74, 6) is 0. The van der Waals surface area contributed by atoms with Gasteiger partial charge in [0.1, 0.15) is 4.47 Å². The second-order valence-corrected chi connectivity index (χ2v) is 4.51. The molecule has 4 heteroatoms. The van der Waals surface area contributed by atoms with Crippen molar-refractivity contribution in [2.75, 3.05) is 0 Å². The Morgan fingerprint density at radius 3 is 2.69 bits per heavy atom. The van der Waals surface area contributed by atoms with Crippen LogP contribution in [0.15, 0.2) is 46.1 Å². The van der Waals surface area contributed by atoms with Gasteiger partial charge in [-0.05, 0) is 28.4 Å². The molecular formula is C12H11BrN2O. The predicted molar refractivity (Wildman–Crippen MR) is 66.5 cm³/mol. The summed E-state index contributed by atoms with van der Waals surface area (Å²) in [5.41, 5.74) is 2.24. The molecule has 82 valence electrons. The Labute approximate surface area is 102 Å². The van der Waals surface area contributed by atoms with Crippen molar-refractivity contribution < 1.29 is 0 Å². The first-order chi connectivity index (χ1) is 7.66. The van der Waals surface area contributed by atoms with Gasteiger partial charge in [-0.3, -0.25) is 9.36 Å². The topological polar surface area (TPSA) is 34.9 Å². The number of benzene rings is 1. The van der Waals surface area contributed by atoms with Crippen molar-refractivity contribution in [3.05, 3.63) is 62.7 Å². The fourth-order valence-electron chi connectivity index (χ4n) is 1.43. The molecule has 0 saturated carbocycles. The number of nitrogens with zero attached hydrogens (tertiary/aromatic N) is 2. The standard InChI is InChI=1S/C12H11BrN2O/c1-9-2-4-10(5-3-9)7-15-8-14-6-11(13)12(15)16/h2-6,8H,7H2,1H3. The molecule has 0 unspecified atom stereocenters. The molecule has 0 N–H and O–H groups in total. The minimum atomic E-state index is -0.0597. The molecule has 1 aromatic carbocycles. The molecule has 3 nitrogen and oxygen atoms in total. The summed E-state index contributed by atoms with van der Waals surface area (Å²) in [6.07, 6.45) is 3.06. The Morgan fingerprint density at radius 1 is 1.31 bits per heavy atom. The van der Waals surface area contributed by atoms with Crippen LogP contribution < -0.4 is 5.56 Å². The second-order valence-electron chi connectivity index (χ2n) is 3.66. The van der Waals surface area contributed by atoms with Crippen LogP contribution in [0.2, 0.25) is 0 Å². The van der Waals surface area contributed by atoms with Crippen molar-refractivity contribution in [2.45, 2.75) is 13.5 Å². The Balaban J connectivity index is 2.31. The van der Waals surface area contributed by atoms with Gasteiger partial charge < -0.3 is 0 Å². The van der Waals surface area contributed by atoms with Crippen LogP contribution in [0.3, 0.4) is 0 Å². The van der Waals surface area contributed by atoms with Crippen molar-refractivity contribution in [1.82, 2.24) is 9.55 Å². The summed E-state index contributed by atoms with van der Waals surface area (Å²) in [7, 11) is 0. The Kier molecular flexibility index (Phi) is 3.19. The summed E-state index contributed by atoms with van der Waals surface area (Å²) in [6, 6.07) is 8.10. The maximum atomic E-state index is 11.7. The van der Waals surface area contributed by atoms with Crippen LogP contribution in [0, 0.1) is 6.92 Å². The highest BCUT2D eigenvalue weighted by Crippen LogP contribution is 2.05. The normalized spacial score (nSPS) is 10.4. The van der Waals surface area contributed by atoms with Crippen LogP contribution in [0.5, 0.6) is 0 Å². The predicted octanol–water partition coefficient (Wildman–Crippen LogP) is 2.36. The molecule has 0 fully saturated rings. The first-order valence-electron chi connectivity index (χ1n) is 4.92. The molecule has 1 aromatic heterocycles. The number of hydrogen-bond donors (Lipinski definition) is 0. The molecule has 0 saturated heterocycles. The van der Waals surface area contributed by atoms with E-state index in [9.17, 15) is 4.79 Å². The smallest absolute Gasteiger partial charge is 0.267 e. The van der Waals surface area contributed by atoms with Gasteiger partial charge in [-0.1, -0.05) is 29.8 Å². The van der Waals surface area contributed by atoms with Crippen molar-refractivity contribution in [1.29, 1.82) is 0 Å². The molecule has 0 amide bonds. The van der Waals surface area contributed by atoms with Gasteiger partial charge in [-0.2, -0.15) is 0 Å². The Hall–Kier alpha value is -1.42. The van der Waals surface area contributed by atoms with Crippen molar-refractivity contribution in [3.63, 3.8) is 0 Å². The first-order valence-corrected chi connectivity index (χ1v) is 5.71. The fraction of sp³-hybridized carbons (Fsp3) is 0.167. The third kappa shape index (κ3) is 2.39. The van der Waals surface area contributed by atoms with Gasteiger partial charge in [0.15, 0.2) is 0 Å². The van der Waals surface area contributed by atoms with Crippen molar-refractivity contribution in [2.24, 2.45) is 0 Å². The zero-order chi connectivity index (χ0) is 11.5. The second kappa shape index (κ2) is 4.61. The van der Waals surface area contributed by atoms with Crippen molar-refractivity contribution >= 4 is 15.9 Å². The maximum absolute atomic E-state index is 11.7. The van der Waals surface area contributed by atoms with Crippen LogP contribution in [0.25, 0.3) is 0 Å². The van der Waals surface area contributed by atoms with Crippen LogP contribution in [0.4, 0.5) is 0 Å². The molecule has 0 aliphatic heterocycles. The third-order valence-electron chi connectivity index (χ3n) is 2.33. The van der Waals surface area contributed by atoms with E-state index < -0.39 is 0 Å². The van der Waals surface area contributed by atoms with Gasteiger partial charge in [-0.25, -0.2) is 4.98 Å². The first kappa shape index (κ1) is 11.1. The van der Waals surface area contributed by atoms with Crippen LogP contribution in [-0.2, 0) is 6.54 Å². The highest BCUT2D eigenvalue weighted by atomic mass is 79.9. The molecule has 1 heterocycles. The lowest BCUT2D eigenvalue weighted by molar-refractivity contribution is 0.730. The molecule has 16 heavy (non-hydrogen) atoms. The van der Waals surface area contributed by atoms with E-state index in [1.54, 1.807) is 10.9 Å². The molecule has 0 spiro atoms. The summed E-state index contributed by atoms with van der Waals surface area (Å²) in [4.78, 5) is 15.7. The highest BCUT2D eigenvalue weighted by Gasteiger charge is 2.01. The van der Waals surface area contributed by atoms with E-state index in [-0.39, 0.29) is 5.56 Å². The van der Waals surface area contributed by atoms with E-state index in [0.29, 0.717) is 11.0 Å². The maximum Gasteiger partial charge on any atom is 0.267 e. The highest BCUT2D eigenvalue weighted by molar-refractivity contribution is 9.10. The van der Waals surface area contributed by atoms with Crippen molar-refractivity contribution in [3.8, 4) is 0 Å². The fourth-order valence-corrected chi connectivity index (χ4v) is 1.77. The number of aryl methyl sites for hydroxylation is 1. The van der Waals surface area contributed by atoms with Gasteiger partial charge in [0, 0.05) is 6.20 Å². The lowest BCUT2D eigenvalue weighted by Crippen LogP contribution is -2.21. The van der Waals surface area contributed by atoms with Crippen LogP contribution in [0.1, 0.15) is 11.1 Å². The largest absolute Gasteiger partial charge is 0.294 e. The number of hydrogen-bond acceptors (Lipinski definition) is 2. The minimum absolute atomic E-state index is 0.0597. The molecule has 0 bridgehead atoms. The van der Waals surface area contributed by atoms with Crippen LogP contribution in [-0.4, -0.2) is 9.55 Å². The number of rotatable bonds is 2. The molecule has 0 aliphatic carbocycles. The third-order valence-corrected chi connectivity index (χ3v) is 2.88. The number of halogens is 1. The van der Waals surface area contributed by atoms with Gasteiger partial charge in [0.05, 0.1) is 12.9 Å². The van der Waals surface area contributed by atoms with Gasteiger partial charge >= 0.3 is 0 Å². The quantitative estimate of drug-likeness (QED) is 0.845. The summed E-state index contributed by atoms with van der Waals surface area (Å²) in [5, 5.41) is 0. The van der Waals surface area contributed by atoms with Crippen LogP contribution >= 0.6 is 15.9 Å². The molecule has 2 aromatic rings. The summed E-state index contributed by atoms with van der Waals surface area (Å²) in [6.45, 7) is 2.59. The van der Waals surface area contributed by atoms with E-state index in [1.165, 1.54) is 11.8 Å². The van der Waals surface area contributed by atoms with E-state index in [2.05, 4.69) is 20.9 Å². The summed E-state index contributed by atoms with van der Waals surface area (Å²) >= 11 is 3.18. The van der Waals surface area contributed by atoms with Gasteiger partial charge in [0.2, 0.25) is 0 Å². The SMILES string of the molecule is Cc1ccc(Cn2cncc(Br)c2=O)cc1. The summed E-state index contributed by atoms with van der Waals surface area (Å²) < 4.78 is 2.07. The average molecular weight is 279 g/mol. The Bertz CT molecular complexity index is 546. The monoisotopic (exact) mass is 278 g/mol. The van der Waals surface area contributed by atoms with E-state index in [1.807, 2.05) is 31.2 Å².